The molecule has 0 radical (unpaired) electrons. The van der Waals surface area contributed by atoms with Crippen LogP contribution in [-0.4, -0.2) is 19.3 Å². The number of hydrogen-bond donors (Lipinski definition) is 0. The van der Waals surface area contributed by atoms with Crippen LogP contribution in [0.1, 0.15) is 18.9 Å². The summed E-state index contributed by atoms with van der Waals surface area (Å²) in [7, 11) is 1.91. The van der Waals surface area contributed by atoms with Crippen LogP contribution in [0.25, 0.3) is 22.6 Å². The number of rotatable bonds is 3. The van der Waals surface area contributed by atoms with Crippen molar-refractivity contribution in [3.05, 3.63) is 36.0 Å². The monoisotopic (exact) mass is 265 g/mol. The third-order valence-electron chi connectivity index (χ3n) is 3.37. The van der Waals surface area contributed by atoms with Crippen LogP contribution >= 0.6 is 0 Å². The van der Waals surface area contributed by atoms with E-state index in [4.69, 9.17) is 10.2 Å². The van der Waals surface area contributed by atoms with Crippen molar-refractivity contribution in [2.75, 3.05) is 0 Å². The largest absolute Gasteiger partial charge is 0.323 e. The van der Waals surface area contributed by atoms with Gasteiger partial charge >= 0.3 is 0 Å². The second-order valence-electron chi connectivity index (χ2n) is 4.74. The summed E-state index contributed by atoms with van der Waals surface area (Å²) in [6.07, 6.45) is 2.79. The lowest BCUT2D eigenvalue weighted by Gasteiger charge is -2.07. The fourth-order valence-electron chi connectivity index (χ4n) is 2.44. The highest BCUT2D eigenvalue weighted by atomic mass is 15.3. The van der Waals surface area contributed by atoms with Gasteiger partial charge in [-0.3, -0.25) is 4.68 Å². The van der Waals surface area contributed by atoms with Crippen LogP contribution < -0.4 is 0 Å². The second-order valence-corrected chi connectivity index (χ2v) is 4.74. The first-order valence-electron chi connectivity index (χ1n) is 6.63. The summed E-state index contributed by atoms with van der Waals surface area (Å²) in [4.78, 5) is 4.69. The van der Waals surface area contributed by atoms with Gasteiger partial charge in [0.25, 0.3) is 0 Å². The van der Waals surface area contributed by atoms with Crippen molar-refractivity contribution in [1.29, 1.82) is 5.26 Å². The van der Waals surface area contributed by atoms with Gasteiger partial charge in [0.05, 0.1) is 22.7 Å². The Labute approximate surface area is 117 Å². The first-order valence-corrected chi connectivity index (χ1v) is 6.63. The van der Waals surface area contributed by atoms with Crippen LogP contribution in [0, 0.1) is 11.3 Å². The Morgan fingerprint density at radius 3 is 2.80 bits per heavy atom. The second kappa shape index (κ2) is 4.82. The molecule has 5 heteroatoms. The maximum Gasteiger partial charge on any atom is 0.159 e. The van der Waals surface area contributed by atoms with Gasteiger partial charge in [0, 0.05) is 19.8 Å². The predicted molar refractivity (Wildman–Crippen MR) is 76.9 cm³/mol. The Balaban J connectivity index is 2.28. The molecule has 5 nitrogen and oxygen atoms in total. The normalized spacial score (nSPS) is 10.8. The molecule has 20 heavy (non-hydrogen) atoms. The number of aryl methyl sites for hydroxylation is 2. The molecule has 100 valence electrons. The SMILES string of the molecule is CCCn1c(-c2ccnn2C)nc2cc(C#N)ccc21. The summed E-state index contributed by atoms with van der Waals surface area (Å²) in [5.74, 6) is 0.900. The van der Waals surface area contributed by atoms with E-state index in [-0.39, 0.29) is 0 Å². The average molecular weight is 265 g/mol. The zero-order valence-electron chi connectivity index (χ0n) is 11.5. The molecule has 0 fully saturated rings. The number of nitriles is 1. The zero-order valence-corrected chi connectivity index (χ0v) is 11.5. The van der Waals surface area contributed by atoms with Gasteiger partial charge in [-0.05, 0) is 30.7 Å². The fraction of sp³-hybridized carbons (Fsp3) is 0.267. The van der Waals surface area contributed by atoms with E-state index >= 15 is 0 Å². The summed E-state index contributed by atoms with van der Waals surface area (Å²) in [6.45, 7) is 3.03. The molecule has 0 amide bonds. The highest BCUT2D eigenvalue weighted by Crippen LogP contribution is 2.25. The van der Waals surface area contributed by atoms with Crippen LogP contribution in [0.2, 0.25) is 0 Å². The van der Waals surface area contributed by atoms with Gasteiger partial charge in [-0.2, -0.15) is 10.4 Å². The van der Waals surface area contributed by atoms with E-state index in [1.807, 2.05) is 36.0 Å². The topological polar surface area (TPSA) is 59.4 Å². The lowest BCUT2D eigenvalue weighted by atomic mass is 10.2. The minimum absolute atomic E-state index is 0.634. The minimum Gasteiger partial charge on any atom is -0.323 e. The van der Waals surface area contributed by atoms with Crippen LogP contribution in [0.3, 0.4) is 0 Å². The van der Waals surface area contributed by atoms with Crippen molar-refractivity contribution in [2.24, 2.45) is 7.05 Å². The van der Waals surface area contributed by atoms with E-state index in [1.165, 1.54) is 0 Å². The van der Waals surface area contributed by atoms with Crippen LogP contribution in [0.15, 0.2) is 30.5 Å². The van der Waals surface area contributed by atoms with Gasteiger partial charge in [0.2, 0.25) is 0 Å². The smallest absolute Gasteiger partial charge is 0.159 e. The molecule has 0 saturated heterocycles. The summed E-state index contributed by atoms with van der Waals surface area (Å²) in [5.41, 5.74) is 3.53. The van der Waals surface area contributed by atoms with Crippen molar-refractivity contribution in [1.82, 2.24) is 19.3 Å². The van der Waals surface area contributed by atoms with E-state index < -0.39 is 0 Å². The van der Waals surface area contributed by atoms with Gasteiger partial charge in [0.1, 0.15) is 5.69 Å². The molecule has 0 aliphatic rings. The lowest BCUT2D eigenvalue weighted by Crippen LogP contribution is -2.03. The number of benzene rings is 1. The molecule has 0 N–H and O–H groups in total. The number of nitrogens with zero attached hydrogens (tertiary/aromatic N) is 5. The van der Waals surface area contributed by atoms with Crippen molar-refractivity contribution in [2.45, 2.75) is 19.9 Å². The lowest BCUT2D eigenvalue weighted by molar-refractivity contribution is 0.691. The molecule has 1 aromatic carbocycles. The quantitative estimate of drug-likeness (QED) is 0.731. The number of hydrogen-bond acceptors (Lipinski definition) is 3. The van der Waals surface area contributed by atoms with E-state index in [1.54, 1.807) is 6.20 Å². The first-order chi connectivity index (χ1) is 9.74. The molecule has 2 heterocycles. The van der Waals surface area contributed by atoms with Gasteiger partial charge < -0.3 is 4.57 Å². The molecule has 3 aromatic rings. The number of fused-ring (bicyclic) bond motifs is 1. The molecule has 0 aliphatic carbocycles. The molecule has 0 bridgehead atoms. The first kappa shape index (κ1) is 12.4. The minimum atomic E-state index is 0.634. The molecule has 0 atom stereocenters. The summed E-state index contributed by atoms with van der Waals surface area (Å²) in [5, 5.41) is 13.2. The zero-order chi connectivity index (χ0) is 14.1. The molecule has 3 rings (SSSR count). The number of aromatic nitrogens is 4. The molecule has 0 aliphatic heterocycles. The molecule has 2 aromatic heterocycles. The number of imidazole rings is 1. The van der Waals surface area contributed by atoms with E-state index in [9.17, 15) is 0 Å². The highest BCUT2D eigenvalue weighted by Gasteiger charge is 2.14. The average Bonchev–Trinajstić information content (AvgIpc) is 3.02. The van der Waals surface area contributed by atoms with Crippen molar-refractivity contribution >= 4 is 11.0 Å². The molecule has 0 unspecified atom stereocenters. The molecular formula is C15H15N5. The van der Waals surface area contributed by atoms with Gasteiger partial charge in [0.15, 0.2) is 5.82 Å². The van der Waals surface area contributed by atoms with Crippen molar-refractivity contribution in [3.8, 4) is 17.6 Å². The summed E-state index contributed by atoms with van der Waals surface area (Å²) in [6, 6.07) is 9.76. The molecular weight excluding hydrogens is 250 g/mol. The maximum absolute atomic E-state index is 9.01. The van der Waals surface area contributed by atoms with E-state index in [2.05, 4.69) is 22.7 Å². The maximum atomic E-state index is 9.01. The Morgan fingerprint density at radius 2 is 2.15 bits per heavy atom. The molecule has 0 saturated carbocycles. The van der Waals surface area contributed by atoms with Crippen molar-refractivity contribution < 1.29 is 0 Å². The fourth-order valence-corrected chi connectivity index (χ4v) is 2.44. The third kappa shape index (κ3) is 1.86. The van der Waals surface area contributed by atoms with Crippen molar-refractivity contribution in [3.63, 3.8) is 0 Å². The van der Waals surface area contributed by atoms with Gasteiger partial charge in [-0.1, -0.05) is 6.92 Å². The Bertz CT molecular complexity index is 803. The highest BCUT2D eigenvalue weighted by molar-refractivity contribution is 5.81. The standard InChI is InChI=1S/C15H15N5/c1-3-8-20-13-5-4-11(10-16)9-12(13)18-15(20)14-6-7-17-19(14)2/h4-7,9H,3,8H2,1-2H3. The molecule has 0 spiro atoms. The Morgan fingerprint density at radius 1 is 1.30 bits per heavy atom. The summed E-state index contributed by atoms with van der Waals surface area (Å²) < 4.78 is 4.01. The third-order valence-corrected chi connectivity index (χ3v) is 3.37. The Kier molecular flexibility index (Phi) is 2.99. The van der Waals surface area contributed by atoms with Crippen LogP contribution in [-0.2, 0) is 13.6 Å². The Hall–Kier alpha value is -2.61. The van der Waals surface area contributed by atoms with Gasteiger partial charge in [-0.15, -0.1) is 0 Å². The summed E-state index contributed by atoms with van der Waals surface area (Å²) >= 11 is 0. The van der Waals surface area contributed by atoms with E-state index in [0.29, 0.717) is 5.56 Å². The van der Waals surface area contributed by atoms with Gasteiger partial charge in [-0.25, -0.2) is 4.98 Å². The van der Waals surface area contributed by atoms with E-state index in [0.717, 1.165) is 35.5 Å². The van der Waals surface area contributed by atoms with Crippen LogP contribution in [0.4, 0.5) is 0 Å². The van der Waals surface area contributed by atoms with Crippen LogP contribution in [0.5, 0.6) is 0 Å². The predicted octanol–water partition coefficient (Wildman–Crippen LogP) is 2.72.